The number of aromatic nitrogens is 4. The van der Waals surface area contributed by atoms with E-state index in [2.05, 4.69) is 36.2 Å². The molecule has 31 heavy (non-hydrogen) atoms. The van der Waals surface area contributed by atoms with Crippen LogP contribution in [0.2, 0.25) is 0 Å². The van der Waals surface area contributed by atoms with Gasteiger partial charge < -0.3 is 25.1 Å². The maximum absolute atomic E-state index is 11.1. The zero-order chi connectivity index (χ0) is 21.8. The molecular weight excluding hydrogens is 490 g/mol. The molecule has 0 radical (unpaired) electrons. The summed E-state index contributed by atoms with van der Waals surface area (Å²) < 4.78 is 13.7. The molecule has 13 heteroatoms. The maximum atomic E-state index is 11.1. The first-order valence-electron chi connectivity index (χ1n) is 9.44. The van der Waals surface area contributed by atoms with Gasteiger partial charge >= 0.3 is 0 Å². The molecule has 1 aliphatic heterocycles. The number of nitrogens with two attached hydrogens (primary N) is 1. The fourth-order valence-electron chi connectivity index (χ4n) is 3.03. The van der Waals surface area contributed by atoms with Gasteiger partial charge in [-0.3, -0.25) is 10.0 Å². The Hall–Kier alpha value is -2.61. The number of hydrogen-bond donors (Lipinski definition) is 4. The van der Waals surface area contributed by atoms with Gasteiger partial charge in [-0.25, -0.2) is 20.4 Å². The van der Waals surface area contributed by atoms with Crippen molar-refractivity contribution in [3.8, 4) is 11.5 Å². The van der Waals surface area contributed by atoms with Gasteiger partial charge in [0.15, 0.2) is 33.6 Å². The van der Waals surface area contributed by atoms with Crippen LogP contribution in [0.3, 0.4) is 0 Å². The number of imidazole rings is 1. The predicted molar refractivity (Wildman–Crippen MR) is 116 cm³/mol. The lowest BCUT2D eigenvalue weighted by Gasteiger charge is -2.10. The Bertz CT molecular complexity index is 1110. The minimum Gasteiger partial charge on any atom is -0.454 e. The smallest absolute Gasteiger partial charge is 0.243 e. The first-order valence-corrected chi connectivity index (χ1v) is 11.0. The Balaban J connectivity index is 1.52. The molecule has 5 N–H and O–H groups in total. The zero-order valence-corrected chi connectivity index (χ0v) is 18.7. The minimum atomic E-state index is -0.400. The van der Waals surface area contributed by atoms with Crippen molar-refractivity contribution < 1.29 is 19.5 Å². The highest BCUT2D eigenvalue weighted by atomic mass is 79.9. The van der Waals surface area contributed by atoms with Crippen molar-refractivity contribution in [2.45, 2.75) is 29.4 Å². The lowest BCUT2D eigenvalue weighted by atomic mass is 10.3. The molecule has 0 unspecified atom stereocenters. The summed E-state index contributed by atoms with van der Waals surface area (Å²) in [5, 5.41) is 12.5. The number of rotatable bonds is 9. The molecule has 2 aromatic heterocycles. The summed E-state index contributed by atoms with van der Waals surface area (Å²) >= 11 is 5.03. The Morgan fingerprint density at radius 1 is 1.29 bits per heavy atom. The van der Waals surface area contributed by atoms with E-state index in [9.17, 15) is 4.79 Å². The van der Waals surface area contributed by atoms with E-state index in [1.807, 2.05) is 16.7 Å². The van der Waals surface area contributed by atoms with Crippen LogP contribution in [0.5, 0.6) is 11.5 Å². The van der Waals surface area contributed by atoms with Gasteiger partial charge in [0.2, 0.25) is 12.7 Å². The third kappa shape index (κ3) is 4.84. The Kier molecular flexibility index (Phi) is 6.75. The molecule has 0 spiro atoms. The highest BCUT2D eigenvalue weighted by molar-refractivity contribution is 9.10. The van der Waals surface area contributed by atoms with Gasteiger partial charge in [0, 0.05) is 28.9 Å². The molecular formula is C18H20BrN7O4S. The van der Waals surface area contributed by atoms with Crippen LogP contribution in [0.4, 0.5) is 5.82 Å². The number of nitrogen functional groups attached to an aromatic ring is 1. The number of carbonyl (C=O) groups is 1. The molecule has 0 saturated heterocycles. The van der Waals surface area contributed by atoms with E-state index < -0.39 is 5.91 Å². The topological polar surface area (TPSA) is 149 Å². The van der Waals surface area contributed by atoms with Crippen LogP contribution in [0, 0.1) is 0 Å². The van der Waals surface area contributed by atoms with Crippen molar-refractivity contribution in [3.63, 3.8) is 0 Å². The van der Waals surface area contributed by atoms with Crippen LogP contribution < -0.4 is 26.0 Å². The van der Waals surface area contributed by atoms with Crippen molar-refractivity contribution in [2.24, 2.45) is 0 Å². The van der Waals surface area contributed by atoms with E-state index in [4.69, 9.17) is 20.4 Å². The number of amides is 1. The highest BCUT2D eigenvalue weighted by Crippen LogP contribution is 2.43. The number of halogens is 1. The summed E-state index contributed by atoms with van der Waals surface area (Å²) in [4.78, 5) is 25.1. The van der Waals surface area contributed by atoms with Crippen molar-refractivity contribution >= 4 is 50.6 Å². The van der Waals surface area contributed by atoms with E-state index in [1.165, 1.54) is 18.1 Å². The molecule has 4 rings (SSSR count). The van der Waals surface area contributed by atoms with Crippen LogP contribution >= 0.6 is 27.7 Å². The molecule has 164 valence electrons. The third-order valence-electron chi connectivity index (χ3n) is 4.55. The number of carbonyl (C=O) groups excluding carboxylic acids is 1. The second-order valence-electron chi connectivity index (χ2n) is 6.60. The quantitative estimate of drug-likeness (QED) is 0.191. The number of nitrogens with one attached hydrogen (secondary N) is 2. The normalized spacial score (nSPS) is 12.5. The lowest BCUT2D eigenvalue weighted by molar-refractivity contribution is -0.129. The van der Waals surface area contributed by atoms with Crippen molar-refractivity contribution in [3.05, 3.63) is 22.9 Å². The molecule has 3 heterocycles. The number of nitrogens with zero attached hydrogens (tertiary/aromatic N) is 4. The summed E-state index contributed by atoms with van der Waals surface area (Å²) in [5.41, 5.74) is 8.83. The molecule has 0 aliphatic carbocycles. The summed E-state index contributed by atoms with van der Waals surface area (Å²) in [7, 11) is 0. The van der Waals surface area contributed by atoms with Crippen molar-refractivity contribution in [1.82, 2.24) is 30.3 Å². The van der Waals surface area contributed by atoms with Gasteiger partial charge in [0.1, 0.15) is 6.33 Å². The number of anilines is 1. The number of hydrogen-bond acceptors (Lipinski definition) is 10. The van der Waals surface area contributed by atoms with E-state index in [1.54, 1.807) is 5.48 Å². The fourth-order valence-corrected chi connectivity index (χ4v) is 4.54. The minimum absolute atomic E-state index is 0.201. The maximum Gasteiger partial charge on any atom is 0.243 e. The Morgan fingerprint density at radius 3 is 2.90 bits per heavy atom. The standard InChI is InChI=1S/C18H20BrN7O4S/c19-10-6-11-12(30-9-29-11)7-13(10)31-18-24-15-16(20)22-8-23-17(15)26(18)5-4-21-3-1-2-14(27)25-28/h6-8,21,28H,1-5,9H2,(H,25,27)(H2,20,22,23). The number of ether oxygens (including phenoxy) is 2. The summed E-state index contributed by atoms with van der Waals surface area (Å²) in [6.07, 6.45) is 2.28. The van der Waals surface area contributed by atoms with Crippen LogP contribution in [0.15, 0.2) is 33.0 Å². The molecule has 1 aromatic carbocycles. The average Bonchev–Trinajstić information content (AvgIpc) is 3.35. The van der Waals surface area contributed by atoms with Crippen LogP contribution in [0.25, 0.3) is 11.2 Å². The first-order chi connectivity index (χ1) is 15.1. The summed E-state index contributed by atoms with van der Waals surface area (Å²) in [5.74, 6) is 1.29. The molecule has 3 aromatic rings. The zero-order valence-electron chi connectivity index (χ0n) is 16.3. The number of benzene rings is 1. The van der Waals surface area contributed by atoms with Crippen LogP contribution in [0.1, 0.15) is 12.8 Å². The second-order valence-corrected chi connectivity index (χ2v) is 8.47. The van der Waals surface area contributed by atoms with E-state index in [-0.39, 0.29) is 13.2 Å². The molecule has 1 amide bonds. The van der Waals surface area contributed by atoms with Gasteiger partial charge in [-0.1, -0.05) is 11.8 Å². The predicted octanol–water partition coefficient (Wildman–Crippen LogP) is 1.93. The monoisotopic (exact) mass is 509 g/mol. The van der Waals surface area contributed by atoms with Crippen molar-refractivity contribution in [1.29, 1.82) is 0 Å². The lowest BCUT2D eigenvalue weighted by Crippen LogP contribution is -2.24. The fraction of sp³-hybridized carbons (Fsp3) is 0.333. The SMILES string of the molecule is Nc1ncnc2c1nc(Sc1cc3c(cc1Br)OCO3)n2CCNCCCC(=O)NO. The second kappa shape index (κ2) is 9.68. The molecule has 1 aliphatic rings. The number of hydroxylamine groups is 1. The molecule has 0 fully saturated rings. The molecule has 0 bridgehead atoms. The molecule has 11 nitrogen and oxygen atoms in total. The Labute approximate surface area is 189 Å². The number of fused-ring (bicyclic) bond motifs is 2. The average molecular weight is 510 g/mol. The van der Waals surface area contributed by atoms with Crippen LogP contribution in [-0.4, -0.2) is 50.5 Å². The van der Waals surface area contributed by atoms with Gasteiger partial charge in [-0.05, 0) is 41.0 Å². The molecule has 0 saturated carbocycles. The van der Waals surface area contributed by atoms with Gasteiger partial charge in [0.05, 0.1) is 0 Å². The summed E-state index contributed by atoms with van der Waals surface area (Å²) in [6.45, 7) is 2.05. The van der Waals surface area contributed by atoms with Gasteiger partial charge in [-0.15, -0.1) is 0 Å². The summed E-state index contributed by atoms with van der Waals surface area (Å²) in [6, 6.07) is 3.77. The first kappa shape index (κ1) is 21.6. The van der Waals surface area contributed by atoms with E-state index in [0.29, 0.717) is 59.7 Å². The molecule has 0 atom stereocenters. The van der Waals surface area contributed by atoms with Gasteiger partial charge in [0.25, 0.3) is 0 Å². The largest absolute Gasteiger partial charge is 0.454 e. The van der Waals surface area contributed by atoms with Gasteiger partial charge in [-0.2, -0.15) is 0 Å². The Morgan fingerprint density at radius 2 is 2.10 bits per heavy atom. The third-order valence-corrected chi connectivity index (χ3v) is 6.52. The van der Waals surface area contributed by atoms with E-state index >= 15 is 0 Å². The highest BCUT2D eigenvalue weighted by Gasteiger charge is 2.20. The van der Waals surface area contributed by atoms with E-state index in [0.717, 1.165) is 9.37 Å². The van der Waals surface area contributed by atoms with Crippen molar-refractivity contribution in [2.75, 3.05) is 25.6 Å². The van der Waals surface area contributed by atoms with Crippen LogP contribution in [-0.2, 0) is 11.3 Å².